The molecule has 0 aromatic carbocycles. The standard InChI is InChI=1S/C14H23NO3/c1-13(2)14(3,4)18-12(17-13)7-8-15-10-11-6-5-9-16-11/h7-8,11H,5-6,9-10H2,1-4H3. The first-order valence-corrected chi connectivity index (χ1v) is 6.60. The second-order valence-corrected chi connectivity index (χ2v) is 5.86. The first-order chi connectivity index (χ1) is 8.41. The Morgan fingerprint density at radius 2 is 1.89 bits per heavy atom. The molecule has 2 fully saturated rings. The summed E-state index contributed by atoms with van der Waals surface area (Å²) in [6.45, 7) is 9.69. The number of rotatable bonds is 3. The van der Waals surface area contributed by atoms with Crippen molar-refractivity contribution in [3.05, 3.63) is 12.0 Å². The van der Waals surface area contributed by atoms with Gasteiger partial charge in [0.05, 0.1) is 12.6 Å². The second kappa shape index (κ2) is 4.92. The highest BCUT2D eigenvalue weighted by atomic mass is 16.7. The molecule has 2 aliphatic heterocycles. The van der Waals surface area contributed by atoms with Crippen LogP contribution in [0.15, 0.2) is 17.0 Å². The van der Waals surface area contributed by atoms with Gasteiger partial charge in [0.2, 0.25) is 0 Å². The first-order valence-electron chi connectivity index (χ1n) is 6.60. The van der Waals surface area contributed by atoms with Gasteiger partial charge in [0.1, 0.15) is 11.2 Å². The molecular weight excluding hydrogens is 230 g/mol. The monoisotopic (exact) mass is 253 g/mol. The quantitative estimate of drug-likeness (QED) is 0.726. The molecule has 0 aliphatic carbocycles. The predicted octanol–water partition coefficient (Wildman–Crippen LogP) is 2.68. The normalized spacial score (nSPS) is 29.3. The summed E-state index contributed by atoms with van der Waals surface area (Å²) in [6.07, 6.45) is 6.08. The van der Waals surface area contributed by atoms with Gasteiger partial charge in [-0.1, -0.05) is 0 Å². The fourth-order valence-electron chi connectivity index (χ4n) is 1.92. The largest absolute Gasteiger partial charge is 0.455 e. The van der Waals surface area contributed by atoms with Crippen LogP contribution in [0.5, 0.6) is 0 Å². The van der Waals surface area contributed by atoms with E-state index in [0.717, 1.165) is 26.0 Å². The van der Waals surface area contributed by atoms with Crippen LogP contribution < -0.4 is 0 Å². The molecule has 0 saturated carbocycles. The van der Waals surface area contributed by atoms with E-state index in [9.17, 15) is 0 Å². The van der Waals surface area contributed by atoms with Crippen molar-refractivity contribution in [2.75, 3.05) is 13.2 Å². The van der Waals surface area contributed by atoms with E-state index < -0.39 is 0 Å². The average Bonchev–Trinajstić information content (AvgIpc) is 2.81. The number of nitrogens with zero attached hydrogens (tertiary/aromatic N) is 1. The fourth-order valence-corrected chi connectivity index (χ4v) is 1.92. The molecule has 0 bridgehead atoms. The highest BCUT2D eigenvalue weighted by molar-refractivity contribution is 5.71. The minimum atomic E-state index is -0.318. The summed E-state index contributed by atoms with van der Waals surface area (Å²) >= 11 is 0. The Morgan fingerprint density at radius 3 is 2.44 bits per heavy atom. The van der Waals surface area contributed by atoms with E-state index in [2.05, 4.69) is 4.99 Å². The molecule has 2 aliphatic rings. The van der Waals surface area contributed by atoms with Crippen molar-refractivity contribution in [2.45, 2.75) is 57.8 Å². The van der Waals surface area contributed by atoms with Crippen LogP contribution in [-0.2, 0) is 14.2 Å². The minimum absolute atomic E-state index is 0.290. The zero-order valence-corrected chi connectivity index (χ0v) is 11.7. The summed E-state index contributed by atoms with van der Waals surface area (Å²) in [6, 6.07) is 0. The molecule has 0 amide bonds. The molecule has 0 N–H and O–H groups in total. The Hall–Kier alpha value is -1.03. The number of hydrogen-bond acceptors (Lipinski definition) is 4. The number of allylic oxidation sites excluding steroid dienone is 1. The van der Waals surface area contributed by atoms with E-state index in [4.69, 9.17) is 14.2 Å². The van der Waals surface area contributed by atoms with E-state index in [1.165, 1.54) is 0 Å². The third kappa shape index (κ3) is 2.86. The fraction of sp³-hybridized carbons (Fsp3) is 0.786. The van der Waals surface area contributed by atoms with Crippen molar-refractivity contribution >= 4 is 6.21 Å². The van der Waals surface area contributed by atoms with E-state index in [1.54, 1.807) is 12.3 Å². The lowest BCUT2D eigenvalue weighted by Gasteiger charge is -2.28. The van der Waals surface area contributed by atoms with Gasteiger partial charge in [0.15, 0.2) is 0 Å². The summed E-state index contributed by atoms with van der Waals surface area (Å²) in [5, 5.41) is 0. The van der Waals surface area contributed by atoms with Crippen molar-refractivity contribution in [1.82, 2.24) is 0 Å². The molecule has 2 saturated heterocycles. The van der Waals surface area contributed by atoms with Crippen molar-refractivity contribution < 1.29 is 14.2 Å². The van der Waals surface area contributed by atoms with Crippen molar-refractivity contribution in [2.24, 2.45) is 4.99 Å². The van der Waals surface area contributed by atoms with Crippen LogP contribution in [0.2, 0.25) is 0 Å². The predicted molar refractivity (Wildman–Crippen MR) is 70.7 cm³/mol. The average molecular weight is 253 g/mol. The number of aliphatic imine (C=N–C) groups is 1. The molecule has 0 radical (unpaired) electrons. The van der Waals surface area contributed by atoms with E-state index in [1.807, 2.05) is 27.7 Å². The highest BCUT2D eigenvalue weighted by Crippen LogP contribution is 2.39. The van der Waals surface area contributed by atoms with Crippen LogP contribution in [0.1, 0.15) is 40.5 Å². The molecular formula is C14H23NO3. The maximum atomic E-state index is 5.75. The SMILES string of the molecule is CC1(C)OC(=CC=NCC2CCCO2)OC1(C)C. The molecule has 4 nitrogen and oxygen atoms in total. The topological polar surface area (TPSA) is 40.0 Å². The van der Waals surface area contributed by atoms with Gasteiger partial charge < -0.3 is 14.2 Å². The van der Waals surface area contributed by atoms with Gasteiger partial charge >= 0.3 is 0 Å². The molecule has 1 unspecified atom stereocenters. The maximum absolute atomic E-state index is 5.75. The minimum Gasteiger partial charge on any atom is -0.455 e. The van der Waals surface area contributed by atoms with Crippen LogP contribution in [0.25, 0.3) is 0 Å². The van der Waals surface area contributed by atoms with E-state index in [0.29, 0.717) is 5.95 Å². The lowest BCUT2D eigenvalue weighted by molar-refractivity contribution is 0.00578. The molecule has 0 spiro atoms. The zero-order chi connectivity index (χ0) is 13.2. The van der Waals surface area contributed by atoms with Gasteiger partial charge in [-0.05, 0) is 40.5 Å². The van der Waals surface area contributed by atoms with Crippen LogP contribution in [0.4, 0.5) is 0 Å². The maximum Gasteiger partial charge on any atom is 0.282 e. The Kier molecular flexibility index (Phi) is 3.66. The number of hydrogen-bond donors (Lipinski definition) is 0. The lowest BCUT2D eigenvalue weighted by atomic mass is 9.90. The van der Waals surface area contributed by atoms with Crippen LogP contribution in [0.3, 0.4) is 0 Å². The Morgan fingerprint density at radius 1 is 1.22 bits per heavy atom. The second-order valence-electron chi connectivity index (χ2n) is 5.86. The number of ether oxygens (including phenoxy) is 3. The summed E-state index contributed by atoms with van der Waals surface area (Å²) < 4.78 is 17.0. The zero-order valence-electron chi connectivity index (χ0n) is 11.7. The lowest BCUT2D eigenvalue weighted by Crippen LogP contribution is -2.41. The molecule has 2 rings (SSSR count). The first kappa shape index (κ1) is 13.4. The van der Waals surface area contributed by atoms with Crippen molar-refractivity contribution in [3.8, 4) is 0 Å². The summed E-state index contributed by atoms with van der Waals surface area (Å²) in [4.78, 5) is 4.33. The molecule has 102 valence electrons. The third-order valence-electron chi connectivity index (χ3n) is 3.81. The van der Waals surface area contributed by atoms with Crippen molar-refractivity contribution in [3.63, 3.8) is 0 Å². The molecule has 0 aromatic rings. The van der Waals surface area contributed by atoms with E-state index in [-0.39, 0.29) is 17.3 Å². The van der Waals surface area contributed by atoms with Crippen molar-refractivity contribution in [1.29, 1.82) is 0 Å². The van der Waals surface area contributed by atoms with Gasteiger partial charge in [-0.3, -0.25) is 4.99 Å². The summed E-state index contributed by atoms with van der Waals surface area (Å²) in [5.74, 6) is 0.543. The van der Waals surface area contributed by atoms with Gasteiger partial charge in [0, 0.05) is 18.9 Å². The van der Waals surface area contributed by atoms with Gasteiger partial charge in [0.25, 0.3) is 5.95 Å². The van der Waals surface area contributed by atoms with Gasteiger partial charge in [-0.25, -0.2) is 0 Å². The Balaban J connectivity index is 1.85. The summed E-state index contributed by atoms with van der Waals surface area (Å²) in [7, 11) is 0. The molecule has 1 atom stereocenters. The molecule has 0 aromatic heterocycles. The Bertz CT molecular complexity index is 334. The third-order valence-corrected chi connectivity index (χ3v) is 3.81. The van der Waals surface area contributed by atoms with E-state index >= 15 is 0 Å². The molecule has 2 heterocycles. The van der Waals surface area contributed by atoms with Crippen LogP contribution in [-0.4, -0.2) is 36.7 Å². The highest BCUT2D eigenvalue weighted by Gasteiger charge is 2.48. The Labute approximate surface area is 109 Å². The van der Waals surface area contributed by atoms with Gasteiger partial charge in [-0.15, -0.1) is 0 Å². The molecule has 4 heteroatoms. The van der Waals surface area contributed by atoms with Crippen LogP contribution in [0, 0.1) is 0 Å². The van der Waals surface area contributed by atoms with Gasteiger partial charge in [-0.2, -0.15) is 0 Å². The molecule has 18 heavy (non-hydrogen) atoms. The summed E-state index contributed by atoms with van der Waals surface area (Å²) in [5.41, 5.74) is -0.636. The van der Waals surface area contributed by atoms with Crippen LogP contribution >= 0.6 is 0 Å². The smallest absolute Gasteiger partial charge is 0.282 e.